The summed E-state index contributed by atoms with van der Waals surface area (Å²) in [5.74, 6) is -0.520. The lowest BCUT2D eigenvalue weighted by atomic mass is 10.1. The van der Waals surface area contributed by atoms with Crippen LogP contribution in [-0.4, -0.2) is 54.1 Å². The van der Waals surface area contributed by atoms with Gasteiger partial charge in [-0.05, 0) is 18.1 Å². The molecule has 0 spiro atoms. The Morgan fingerprint density at radius 2 is 1.91 bits per heavy atom. The van der Waals surface area contributed by atoms with Gasteiger partial charge < -0.3 is 0 Å². The number of piperazine rings is 1. The molecule has 0 saturated carbocycles. The zero-order valence-electron chi connectivity index (χ0n) is 13.2. The molecule has 1 aromatic carbocycles. The van der Waals surface area contributed by atoms with E-state index in [2.05, 4.69) is 0 Å². The lowest BCUT2D eigenvalue weighted by Crippen LogP contribution is -2.56. The first-order valence-electron chi connectivity index (χ1n) is 7.26. The van der Waals surface area contributed by atoms with Gasteiger partial charge in [-0.1, -0.05) is 37.3 Å². The molecule has 118 valence electrons. The molecule has 2 amide bonds. The molecule has 1 aromatic rings. The predicted octanol–water partition coefficient (Wildman–Crippen LogP) is 1.52. The fourth-order valence-corrected chi connectivity index (χ4v) is 2.19. The lowest BCUT2D eigenvalue weighted by Gasteiger charge is -2.37. The molecular formula is C16H21N3O3. The Labute approximate surface area is 130 Å². The fraction of sp³-hybridized carbons (Fsp3) is 0.375. The van der Waals surface area contributed by atoms with Gasteiger partial charge in [0.1, 0.15) is 12.2 Å². The first-order valence-corrected chi connectivity index (χ1v) is 7.26. The Kier molecular flexibility index (Phi) is 5.30. The molecule has 1 aliphatic rings. The van der Waals surface area contributed by atoms with E-state index >= 15 is 0 Å². The third-order valence-corrected chi connectivity index (χ3v) is 3.14. The van der Waals surface area contributed by atoms with Crippen LogP contribution in [0.1, 0.15) is 18.9 Å². The van der Waals surface area contributed by atoms with E-state index in [0.717, 1.165) is 17.0 Å². The maximum Gasteiger partial charge on any atom is 0.296 e. The van der Waals surface area contributed by atoms with Crippen LogP contribution >= 0.6 is 0 Å². The average molecular weight is 303 g/mol. The smallest absolute Gasteiger partial charge is 0.271 e. The highest BCUT2D eigenvalue weighted by Crippen LogP contribution is 2.20. The molecule has 6 nitrogen and oxygen atoms in total. The molecule has 1 saturated heterocycles. The Morgan fingerprint density at radius 1 is 1.23 bits per heavy atom. The SMILES string of the molecule is CCCON1CC(=O)N(N(C)C)C(=Cc2ccccc2)C1=O. The molecule has 2 rings (SSSR count). The van der Waals surface area contributed by atoms with E-state index in [0.29, 0.717) is 6.61 Å². The Hall–Kier alpha value is -2.18. The van der Waals surface area contributed by atoms with Crippen molar-refractivity contribution >= 4 is 17.9 Å². The molecule has 1 fully saturated rings. The number of amides is 2. The largest absolute Gasteiger partial charge is 0.296 e. The van der Waals surface area contributed by atoms with Crippen LogP contribution in [-0.2, 0) is 14.4 Å². The predicted molar refractivity (Wildman–Crippen MR) is 82.9 cm³/mol. The molecule has 1 heterocycles. The van der Waals surface area contributed by atoms with E-state index < -0.39 is 0 Å². The molecule has 0 aliphatic carbocycles. The van der Waals surface area contributed by atoms with Crippen molar-refractivity contribution in [2.45, 2.75) is 13.3 Å². The van der Waals surface area contributed by atoms with Crippen LogP contribution in [0.4, 0.5) is 0 Å². The Balaban J connectivity index is 2.36. The minimum Gasteiger partial charge on any atom is -0.271 e. The summed E-state index contributed by atoms with van der Waals surface area (Å²) in [6.07, 6.45) is 2.47. The van der Waals surface area contributed by atoms with Crippen LogP contribution in [0.2, 0.25) is 0 Å². The number of nitrogens with zero attached hydrogens (tertiary/aromatic N) is 3. The summed E-state index contributed by atoms with van der Waals surface area (Å²) >= 11 is 0. The number of rotatable bonds is 5. The number of carbonyl (C=O) groups excluding carboxylic acids is 2. The molecule has 6 heteroatoms. The average Bonchev–Trinajstić information content (AvgIpc) is 2.49. The van der Waals surface area contributed by atoms with E-state index in [1.807, 2.05) is 37.3 Å². The van der Waals surface area contributed by atoms with Crippen LogP contribution in [0.3, 0.4) is 0 Å². The summed E-state index contributed by atoms with van der Waals surface area (Å²) in [5, 5.41) is 4.12. The van der Waals surface area contributed by atoms with E-state index in [1.54, 1.807) is 25.2 Å². The van der Waals surface area contributed by atoms with Crippen LogP contribution in [0.15, 0.2) is 36.0 Å². The summed E-state index contributed by atoms with van der Waals surface area (Å²) < 4.78 is 0. The van der Waals surface area contributed by atoms with Gasteiger partial charge in [-0.15, -0.1) is 0 Å². The monoisotopic (exact) mass is 303 g/mol. The van der Waals surface area contributed by atoms with E-state index in [1.165, 1.54) is 5.01 Å². The number of hydrogen-bond donors (Lipinski definition) is 0. The third kappa shape index (κ3) is 3.52. The van der Waals surface area contributed by atoms with E-state index in [4.69, 9.17) is 4.84 Å². The van der Waals surface area contributed by atoms with Crippen LogP contribution in [0, 0.1) is 0 Å². The van der Waals surface area contributed by atoms with E-state index in [-0.39, 0.29) is 24.1 Å². The van der Waals surface area contributed by atoms with Gasteiger partial charge in [-0.3, -0.25) is 14.4 Å². The van der Waals surface area contributed by atoms with Gasteiger partial charge >= 0.3 is 0 Å². The van der Waals surface area contributed by atoms with Crippen molar-refractivity contribution in [3.63, 3.8) is 0 Å². The molecule has 0 N–H and O–H groups in total. The second kappa shape index (κ2) is 7.20. The van der Waals surface area contributed by atoms with E-state index in [9.17, 15) is 9.59 Å². The summed E-state index contributed by atoms with van der Waals surface area (Å²) in [5.41, 5.74) is 1.13. The summed E-state index contributed by atoms with van der Waals surface area (Å²) in [6, 6.07) is 9.42. The van der Waals surface area contributed by atoms with Gasteiger partial charge in [0.25, 0.3) is 11.8 Å². The molecule has 1 aliphatic heterocycles. The van der Waals surface area contributed by atoms with Crippen molar-refractivity contribution in [1.82, 2.24) is 15.1 Å². The van der Waals surface area contributed by atoms with Crippen LogP contribution in [0.5, 0.6) is 0 Å². The van der Waals surface area contributed by atoms with Crippen molar-refractivity contribution in [2.75, 3.05) is 27.2 Å². The summed E-state index contributed by atoms with van der Waals surface area (Å²) in [4.78, 5) is 30.3. The van der Waals surface area contributed by atoms with Crippen molar-refractivity contribution in [3.8, 4) is 0 Å². The minimum absolute atomic E-state index is 0.0802. The maximum atomic E-state index is 12.6. The van der Waals surface area contributed by atoms with Gasteiger partial charge in [0.15, 0.2) is 0 Å². The van der Waals surface area contributed by atoms with Crippen molar-refractivity contribution in [1.29, 1.82) is 0 Å². The zero-order valence-corrected chi connectivity index (χ0v) is 13.2. The van der Waals surface area contributed by atoms with Gasteiger partial charge in [0.2, 0.25) is 0 Å². The molecule has 0 radical (unpaired) electrons. The molecular weight excluding hydrogens is 282 g/mol. The molecule has 0 aromatic heterocycles. The second-order valence-corrected chi connectivity index (χ2v) is 5.17. The molecule has 0 unspecified atom stereocenters. The Morgan fingerprint density at radius 3 is 2.50 bits per heavy atom. The lowest BCUT2D eigenvalue weighted by molar-refractivity contribution is -0.200. The molecule has 0 bridgehead atoms. The highest BCUT2D eigenvalue weighted by Gasteiger charge is 2.37. The molecule has 0 atom stereocenters. The van der Waals surface area contributed by atoms with Crippen molar-refractivity contribution in [3.05, 3.63) is 41.6 Å². The van der Waals surface area contributed by atoms with Gasteiger partial charge in [0.05, 0.1) is 6.61 Å². The van der Waals surface area contributed by atoms with Crippen LogP contribution in [0.25, 0.3) is 6.08 Å². The minimum atomic E-state index is -0.314. The fourth-order valence-electron chi connectivity index (χ4n) is 2.19. The normalized spacial score (nSPS) is 17.7. The summed E-state index contributed by atoms with van der Waals surface area (Å²) in [6.45, 7) is 2.27. The summed E-state index contributed by atoms with van der Waals surface area (Å²) in [7, 11) is 3.46. The number of benzene rings is 1. The zero-order chi connectivity index (χ0) is 16.1. The standard InChI is InChI=1S/C16H21N3O3/c1-4-10-22-18-12-15(20)19(17(2)3)14(16(18)21)11-13-8-6-5-7-9-13/h5-9,11H,4,10,12H2,1-3H3. The van der Waals surface area contributed by atoms with Crippen molar-refractivity contribution in [2.24, 2.45) is 0 Å². The maximum absolute atomic E-state index is 12.6. The van der Waals surface area contributed by atoms with Crippen LogP contribution < -0.4 is 0 Å². The van der Waals surface area contributed by atoms with Gasteiger partial charge in [-0.2, -0.15) is 0 Å². The topological polar surface area (TPSA) is 53.1 Å². The van der Waals surface area contributed by atoms with Crippen molar-refractivity contribution < 1.29 is 14.4 Å². The first kappa shape index (κ1) is 16.2. The Bertz CT molecular complexity index is 569. The number of hydrogen-bond acceptors (Lipinski definition) is 4. The third-order valence-electron chi connectivity index (χ3n) is 3.14. The number of hydrazine groups is 1. The number of hydroxylamine groups is 2. The van der Waals surface area contributed by atoms with Gasteiger partial charge in [0, 0.05) is 14.1 Å². The number of carbonyl (C=O) groups is 2. The second-order valence-electron chi connectivity index (χ2n) is 5.17. The first-order chi connectivity index (χ1) is 10.5. The highest BCUT2D eigenvalue weighted by molar-refractivity contribution is 6.05. The highest BCUT2D eigenvalue weighted by atomic mass is 16.7. The molecule has 22 heavy (non-hydrogen) atoms. The quantitative estimate of drug-likeness (QED) is 0.774. The van der Waals surface area contributed by atoms with Gasteiger partial charge in [-0.25, -0.2) is 15.1 Å².